The number of benzene rings is 2. The molecule has 0 unspecified atom stereocenters. The van der Waals surface area contributed by atoms with Crippen LogP contribution >= 0.6 is 0 Å². The normalized spacial score (nSPS) is 10.6. The molecule has 0 atom stereocenters. The molecule has 26 heavy (non-hydrogen) atoms. The van der Waals surface area contributed by atoms with E-state index in [1.165, 1.54) is 19.1 Å². The van der Waals surface area contributed by atoms with Crippen molar-refractivity contribution in [3.8, 4) is 17.6 Å². The number of carbonyl (C=O) groups is 1. The molecule has 1 N–H and O–H groups in total. The Kier molecular flexibility index (Phi) is 6.67. The molecule has 0 saturated carbocycles. The summed E-state index contributed by atoms with van der Waals surface area (Å²) in [6.45, 7) is 1.88. The van der Waals surface area contributed by atoms with Gasteiger partial charge >= 0.3 is 6.18 Å². The van der Waals surface area contributed by atoms with Gasteiger partial charge in [0.2, 0.25) is 5.91 Å². The Morgan fingerprint density at radius 2 is 1.88 bits per heavy atom. The highest BCUT2D eigenvalue weighted by molar-refractivity contribution is 5.88. The van der Waals surface area contributed by atoms with Crippen LogP contribution in [0.25, 0.3) is 0 Å². The van der Waals surface area contributed by atoms with Crippen molar-refractivity contribution in [2.75, 3.05) is 11.9 Å². The van der Waals surface area contributed by atoms with Crippen LogP contribution in [0.2, 0.25) is 0 Å². The Morgan fingerprint density at radius 3 is 2.54 bits per heavy atom. The van der Waals surface area contributed by atoms with Gasteiger partial charge in [-0.25, -0.2) is 0 Å². The van der Waals surface area contributed by atoms with E-state index in [0.717, 1.165) is 12.1 Å². The third-order valence-corrected chi connectivity index (χ3v) is 3.31. The maximum atomic E-state index is 12.5. The van der Waals surface area contributed by atoms with Gasteiger partial charge in [0.15, 0.2) is 0 Å². The zero-order valence-corrected chi connectivity index (χ0v) is 14.2. The van der Waals surface area contributed by atoms with Crippen molar-refractivity contribution in [3.63, 3.8) is 0 Å². The third kappa shape index (κ3) is 6.52. The number of anilines is 1. The number of halogens is 3. The van der Waals surface area contributed by atoms with Crippen LogP contribution < -0.4 is 10.1 Å². The molecule has 0 bridgehead atoms. The fourth-order valence-corrected chi connectivity index (χ4v) is 2.12. The Morgan fingerprint density at radius 1 is 1.15 bits per heavy atom. The lowest BCUT2D eigenvalue weighted by Gasteiger charge is -2.07. The van der Waals surface area contributed by atoms with Gasteiger partial charge < -0.3 is 10.1 Å². The van der Waals surface area contributed by atoms with Gasteiger partial charge in [-0.2, -0.15) is 13.2 Å². The molecular weight excluding hydrogens is 343 g/mol. The first-order valence-electron chi connectivity index (χ1n) is 8.01. The molecule has 0 aromatic heterocycles. The first-order valence-corrected chi connectivity index (χ1v) is 8.01. The number of rotatable bonds is 5. The Hall–Kier alpha value is -2.94. The number of hydrogen-bond donors (Lipinski definition) is 1. The molecule has 1 amide bonds. The summed E-state index contributed by atoms with van der Waals surface area (Å²) in [5, 5.41) is 2.68. The minimum atomic E-state index is -4.33. The van der Waals surface area contributed by atoms with Gasteiger partial charge in [-0.3, -0.25) is 4.79 Å². The summed E-state index contributed by atoms with van der Waals surface area (Å²) in [6.07, 6.45) is -3.09. The smallest absolute Gasteiger partial charge is 0.416 e. The van der Waals surface area contributed by atoms with Crippen molar-refractivity contribution >= 4 is 11.6 Å². The minimum absolute atomic E-state index is 0.152. The monoisotopic (exact) mass is 361 g/mol. The van der Waals surface area contributed by atoms with Crippen LogP contribution in [0, 0.1) is 11.8 Å². The second-order valence-electron chi connectivity index (χ2n) is 5.54. The summed E-state index contributed by atoms with van der Waals surface area (Å²) in [5.41, 5.74) is 0.525. The van der Waals surface area contributed by atoms with E-state index in [2.05, 4.69) is 17.2 Å². The summed E-state index contributed by atoms with van der Waals surface area (Å²) in [7, 11) is 0. The summed E-state index contributed by atoms with van der Waals surface area (Å²) in [4.78, 5) is 11.0. The first-order chi connectivity index (χ1) is 12.3. The molecule has 2 rings (SSSR count). The summed E-state index contributed by atoms with van der Waals surface area (Å²) >= 11 is 0. The fourth-order valence-electron chi connectivity index (χ4n) is 2.12. The third-order valence-electron chi connectivity index (χ3n) is 3.31. The van der Waals surface area contributed by atoms with E-state index in [1.807, 2.05) is 0 Å². The first kappa shape index (κ1) is 19.4. The standard InChI is InChI=1S/C20H18F3NO2/c1-15(25)24-18-7-5-8-19(14-18)26-13-4-2-3-6-16-9-11-17(12-10-16)20(21,22)23/h5,7-12,14H,2,4,13H2,1H3,(H,24,25). The van der Waals surface area contributed by atoms with E-state index in [4.69, 9.17) is 4.74 Å². The highest BCUT2D eigenvalue weighted by Crippen LogP contribution is 2.28. The second kappa shape index (κ2) is 8.95. The summed E-state index contributed by atoms with van der Waals surface area (Å²) in [6, 6.07) is 11.8. The van der Waals surface area contributed by atoms with E-state index in [1.54, 1.807) is 24.3 Å². The number of unbranched alkanes of at least 4 members (excludes halogenated alkanes) is 1. The Labute approximate surface area is 150 Å². The van der Waals surface area contributed by atoms with Gasteiger partial charge in [0.1, 0.15) is 5.75 Å². The number of nitrogens with one attached hydrogen (secondary N) is 1. The molecule has 136 valence electrons. The number of hydrogen-bond acceptors (Lipinski definition) is 2. The van der Waals surface area contributed by atoms with E-state index < -0.39 is 11.7 Å². The molecule has 0 heterocycles. The Bertz CT molecular complexity index is 802. The highest BCUT2D eigenvalue weighted by Gasteiger charge is 2.29. The SMILES string of the molecule is CC(=O)Nc1cccc(OCCCC#Cc2ccc(C(F)(F)F)cc2)c1. The molecule has 0 spiro atoms. The molecule has 2 aromatic rings. The van der Waals surface area contributed by atoms with Crippen LogP contribution in [0.15, 0.2) is 48.5 Å². The van der Waals surface area contributed by atoms with Crippen molar-refractivity contribution in [2.45, 2.75) is 25.9 Å². The molecule has 0 aliphatic carbocycles. The quantitative estimate of drug-likeness (QED) is 0.609. The molecule has 0 aliphatic rings. The van der Waals surface area contributed by atoms with Crippen LogP contribution in [0.1, 0.15) is 30.9 Å². The van der Waals surface area contributed by atoms with Crippen molar-refractivity contribution in [2.24, 2.45) is 0 Å². The van der Waals surface area contributed by atoms with Crippen molar-refractivity contribution in [3.05, 3.63) is 59.7 Å². The van der Waals surface area contributed by atoms with Crippen molar-refractivity contribution in [1.29, 1.82) is 0 Å². The van der Waals surface area contributed by atoms with Gasteiger partial charge in [0, 0.05) is 30.7 Å². The van der Waals surface area contributed by atoms with Crippen molar-refractivity contribution < 1.29 is 22.7 Å². The fraction of sp³-hybridized carbons (Fsp3) is 0.250. The molecule has 2 aromatic carbocycles. The van der Waals surface area contributed by atoms with Crippen LogP contribution in [-0.2, 0) is 11.0 Å². The van der Waals surface area contributed by atoms with Gasteiger partial charge in [0.25, 0.3) is 0 Å². The van der Waals surface area contributed by atoms with E-state index in [-0.39, 0.29) is 5.91 Å². The highest BCUT2D eigenvalue weighted by atomic mass is 19.4. The van der Waals surface area contributed by atoms with Crippen LogP contribution in [-0.4, -0.2) is 12.5 Å². The van der Waals surface area contributed by atoms with Gasteiger partial charge in [-0.05, 0) is 42.8 Å². The van der Waals surface area contributed by atoms with Gasteiger partial charge in [-0.15, -0.1) is 0 Å². The molecule has 6 heteroatoms. The number of ether oxygens (including phenoxy) is 1. The number of amides is 1. The van der Waals surface area contributed by atoms with E-state index >= 15 is 0 Å². The zero-order valence-electron chi connectivity index (χ0n) is 14.2. The number of carbonyl (C=O) groups excluding carboxylic acids is 1. The Balaban J connectivity index is 1.76. The molecule has 0 radical (unpaired) electrons. The molecular formula is C20H18F3NO2. The van der Waals surface area contributed by atoms with Crippen LogP contribution in [0.3, 0.4) is 0 Å². The van der Waals surface area contributed by atoms with Gasteiger partial charge in [0.05, 0.1) is 12.2 Å². The average molecular weight is 361 g/mol. The lowest BCUT2D eigenvalue weighted by molar-refractivity contribution is -0.137. The lowest BCUT2D eigenvalue weighted by Crippen LogP contribution is -2.05. The maximum Gasteiger partial charge on any atom is 0.416 e. The lowest BCUT2D eigenvalue weighted by atomic mass is 10.1. The molecule has 0 aliphatic heterocycles. The molecule has 0 fully saturated rings. The predicted molar refractivity (Wildman–Crippen MR) is 93.8 cm³/mol. The predicted octanol–water partition coefficient (Wildman–Crippen LogP) is 4.87. The molecule has 3 nitrogen and oxygen atoms in total. The van der Waals surface area contributed by atoms with E-state index in [0.29, 0.717) is 36.4 Å². The average Bonchev–Trinajstić information content (AvgIpc) is 2.57. The van der Waals surface area contributed by atoms with Crippen LogP contribution in [0.5, 0.6) is 5.75 Å². The van der Waals surface area contributed by atoms with E-state index in [9.17, 15) is 18.0 Å². The minimum Gasteiger partial charge on any atom is -0.493 e. The maximum absolute atomic E-state index is 12.5. The largest absolute Gasteiger partial charge is 0.493 e. The topological polar surface area (TPSA) is 38.3 Å². The summed E-state index contributed by atoms with van der Waals surface area (Å²) < 4.78 is 43.0. The summed E-state index contributed by atoms with van der Waals surface area (Å²) in [5.74, 6) is 6.24. The van der Waals surface area contributed by atoms with Crippen LogP contribution in [0.4, 0.5) is 18.9 Å². The zero-order chi connectivity index (χ0) is 19.0. The van der Waals surface area contributed by atoms with Gasteiger partial charge in [-0.1, -0.05) is 17.9 Å². The second-order valence-corrected chi connectivity index (χ2v) is 5.54. The van der Waals surface area contributed by atoms with Crippen molar-refractivity contribution in [1.82, 2.24) is 0 Å². The molecule has 0 saturated heterocycles. The number of alkyl halides is 3.